The Balaban J connectivity index is 1.77. The summed E-state index contributed by atoms with van der Waals surface area (Å²) in [6, 6.07) is 8.23. The molecule has 0 aromatic heterocycles. The van der Waals surface area contributed by atoms with E-state index in [0.717, 1.165) is 0 Å². The van der Waals surface area contributed by atoms with Gasteiger partial charge in [-0.05, 0) is 0 Å². The predicted molar refractivity (Wildman–Crippen MR) is 113 cm³/mol. The minimum absolute atomic E-state index is 0.00151. The molecule has 0 amide bonds. The number of ether oxygens (including phenoxy) is 7. The summed E-state index contributed by atoms with van der Waals surface area (Å²) >= 11 is 0. The highest BCUT2D eigenvalue weighted by molar-refractivity contribution is 6.40. The average Bonchev–Trinajstić information content (AvgIpc) is 2.82. The fraction of sp³-hybridized carbons (Fsp3) is 0.636. The number of hydrogen-bond donors (Lipinski definition) is 0. The molecule has 0 heterocycles. The first-order valence-corrected chi connectivity index (χ1v) is 10.5. The molecule has 182 valence electrons. The number of benzene rings is 1. The maximum absolute atomic E-state index is 11.8. The van der Waals surface area contributed by atoms with Gasteiger partial charge in [0.15, 0.2) is 0 Å². The quantitative estimate of drug-likeness (QED) is 0.110. The standard InChI is InChI=1S/C22H33FO9/c23-6-7-26-8-9-27-10-11-28-12-13-29-14-15-30-16-17-31-18-19-32-22(25)21(24)20-4-2-1-3-5-20/h1-5H,6-19H2. The number of ketones is 1. The van der Waals surface area contributed by atoms with Gasteiger partial charge in [-0.25, -0.2) is 9.18 Å². The molecule has 0 aliphatic carbocycles. The maximum Gasteiger partial charge on any atom is 0.379 e. The highest BCUT2D eigenvalue weighted by Crippen LogP contribution is 2.01. The van der Waals surface area contributed by atoms with Gasteiger partial charge in [0.05, 0.1) is 79.3 Å². The third-order valence-corrected chi connectivity index (χ3v) is 3.76. The Morgan fingerprint density at radius 2 is 0.938 bits per heavy atom. The van der Waals surface area contributed by atoms with Crippen molar-refractivity contribution in [3.05, 3.63) is 35.9 Å². The van der Waals surface area contributed by atoms with Gasteiger partial charge in [-0.3, -0.25) is 4.79 Å². The topological polar surface area (TPSA) is 98.8 Å². The Labute approximate surface area is 188 Å². The molecule has 0 N–H and O–H groups in total. The number of halogens is 1. The van der Waals surface area contributed by atoms with Gasteiger partial charge in [0.1, 0.15) is 13.3 Å². The molecule has 1 aromatic rings. The van der Waals surface area contributed by atoms with E-state index in [4.69, 9.17) is 33.2 Å². The second kappa shape index (κ2) is 20.9. The molecule has 0 saturated carbocycles. The number of hydrogen-bond acceptors (Lipinski definition) is 9. The van der Waals surface area contributed by atoms with Crippen LogP contribution < -0.4 is 0 Å². The van der Waals surface area contributed by atoms with Crippen molar-refractivity contribution in [1.29, 1.82) is 0 Å². The summed E-state index contributed by atoms with van der Waals surface area (Å²) in [5, 5.41) is 0. The lowest BCUT2D eigenvalue weighted by molar-refractivity contribution is -0.139. The summed E-state index contributed by atoms with van der Waals surface area (Å²) in [6.45, 7) is 3.97. The average molecular weight is 460 g/mol. The zero-order valence-corrected chi connectivity index (χ0v) is 18.3. The van der Waals surface area contributed by atoms with Crippen molar-refractivity contribution in [2.75, 3.05) is 92.6 Å². The van der Waals surface area contributed by atoms with Gasteiger partial charge < -0.3 is 33.2 Å². The van der Waals surface area contributed by atoms with Gasteiger partial charge in [0.2, 0.25) is 0 Å². The first-order chi connectivity index (χ1) is 15.8. The highest BCUT2D eigenvalue weighted by atomic mass is 19.1. The van der Waals surface area contributed by atoms with Crippen LogP contribution in [0, 0.1) is 0 Å². The van der Waals surface area contributed by atoms with Crippen molar-refractivity contribution in [3.63, 3.8) is 0 Å². The van der Waals surface area contributed by atoms with Crippen LogP contribution >= 0.6 is 0 Å². The van der Waals surface area contributed by atoms with E-state index < -0.39 is 18.4 Å². The molecule has 0 saturated heterocycles. The summed E-state index contributed by atoms with van der Waals surface area (Å²) in [4.78, 5) is 23.4. The third kappa shape index (κ3) is 15.8. The summed E-state index contributed by atoms with van der Waals surface area (Å²) in [7, 11) is 0. The van der Waals surface area contributed by atoms with Gasteiger partial charge in [-0.1, -0.05) is 30.3 Å². The molecule has 0 aliphatic heterocycles. The van der Waals surface area contributed by atoms with E-state index >= 15 is 0 Å². The Bertz CT molecular complexity index is 586. The first kappa shape index (κ1) is 28.1. The molecule has 0 unspecified atom stereocenters. The summed E-state index contributed by atoms with van der Waals surface area (Å²) in [5.74, 6) is -1.58. The molecule has 0 radical (unpaired) electrons. The Morgan fingerprint density at radius 1 is 0.562 bits per heavy atom. The van der Waals surface area contributed by atoms with E-state index in [2.05, 4.69) is 0 Å². The monoisotopic (exact) mass is 460 g/mol. The number of rotatable bonds is 22. The number of carbonyl (C=O) groups is 2. The molecule has 9 nitrogen and oxygen atoms in total. The van der Waals surface area contributed by atoms with Crippen LogP contribution in [0.3, 0.4) is 0 Å². The lowest BCUT2D eigenvalue weighted by atomic mass is 10.1. The zero-order valence-electron chi connectivity index (χ0n) is 18.3. The van der Waals surface area contributed by atoms with Crippen molar-refractivity contribution in [3.8, 4) is 0 Å². The molecule has 0 aliphatic rings. The highest BCUT2D eigenvalue weighted by Gasteiger charge is 2.16. The van der Waals surface area contributed by atoms with Crippen molar-refractivity contribution < 1.29 is 47.1 Å². The molecule has 32 heavy (non-hydrogen) atoms. The largest absolute Gasteiger partial charge is 0.457 e. The Morgan fingerprint density at radius 3 is 1.34 bits per heavy atom. The van der Waals surface area contributed by atoms with Crippen molar-refractivity contribution >= 4 is 11.8 Å². The lowest BCUT2D eigenvalue weighted by Crippen LogP contribution is -2.20. The minimum Gasteiger partial charge on any atom is -0.457 e. The molecule has 1 aromatic carbocycles. The maximum atomic E-state index is 11.8. The molecule has 0 spiro atoms. The van der Waals surface area contributed by atoms with Crippen LogP contribution in [0.4, 0.5) is 4.39 Å². The fourth-order valence-electron chi connectivity index (χ4n) is 2.22. The predicted octanol–water partition coefficient (Wildman–Crippen LogP) is 1.48. The molecular weight excluding hydrogens is 427 g/mol. The van der Waals surface area contributed by atoms with Gasteiger partial charge >= 0.3 is 5.97 Å². The van der Waals surface area contributed by atoms with Crippen LogP contribution in [0.1, 0.15) is 10.4 Å². The van der Waals surface area contributed by atoms with E-state index in [1.807, 2.05) is 0 Å². The van der Waals surface area contributed by atoms with Gasteiger partial charge in [0.25, 0.3) is 5.78 Å². The van der Waals surface area contributed by atoms with Crippen LogP contribution in [0.5, 0.6) is 0 Å². The molecule has 0 bridgehead atoms. The van der Waals surface area contributed by atoms with Gasteiger partial charge in [-0.2, -0.15) is 0 Å². The first-order valence-electron chi connectivity index (χ1n) is 10.5. The number of esters is 1. The zero-order chi connectivity index (χ0) is 23.1. The van der Waals surface area contributed by atoms with Crippen LogP contribution in [0.15, 0.2) is 30.3 Å². The second-order valence-electron chi connectivity index (χ2n) is 6.19. The van der Waals surface area contributed by atoms with E-state index in [9.17, 15) is 14.0 Å². The fourth-order valence-corrected chi connectivity index (χ4v) is 2.22. The third-order valence-electron chi connectivity index (χ3n) is 3.76. The van der Waals surface area contributed by atoms with Gasteiger partial charge in [-0.15, -0.1) is 0 Å². The van der Waals surface area contributed by atoms with Crippen LogP contribution in [-0.2, 0) is 38.0 Å². The normalized spacial score (nSPS) is 10.9. The van der Waals surface area contributed by atoms with Crippen LogP contribution in [0.25, 0.3) is 0 Å². The summed E-state index contributed by atoms with van der Waals surface area (Å²) in [6.07, 6.45) is 0. The van der Waals surface area contributed by atoms with Gasteiger partial charge in [0, 0.05) is 5.56 Å². The van der Waals surface area contributed by atoms with E-state index in [1.54, 1.807) is 30.3 Å². The minimum atomic E-state index is -0.899. The Hall–Kier alpha value is -1.95. The second-order valence-corrected chi connectivity index (χ2v) is 6.19. The van der Waals surface area contributed by atoms with Crippen LogP contribution in [-0.4, -0.2) is 104 Å². The Kier molecular flexibility index (Phi) is 18.4. The van der Waals surface area contributed by atoms with E-state index in [-0.39, 0.29) is 19.8 Å². The van der Waals surface area contributed by atoms with Crippen LogP contribution in [0.2, 0.25) is 0 Å². The smallest absolute Gasteiger partial charge is 0.379 e. The molecule has 1 rings (SSSR count). The molecule has 0 fully saturated rings. The summed E-state index contributed by atoms with van der Waals surface area (Å²) < 4.78 is 48.1. The van der Waals surface area contributed by atoms with Crippen molar-refractivity contribution in [1.82, 2.24) is 0 Å². The SMILES string of the molecule is O=C(OCCOCCOCCOCCOCCOCCOCCF)C(=O)c1ccccc1. The van der Waals surface area contributed by atoms with Crippen molar-refractivity contribution in [2.24, 2.45) is 0 Å². The number of carbonyl (C=O) groups excluding carboxylic acids is 2. The number of alkyl halides is 1. The summed E-state index contributed by atoms with van der Waals surface area (Å²) in [5.41, 5.74) is 0.294. The molecule has 10 heteroatoms. The van der Waals surface area contributed by atoms with E-state index in [1.165, 1.54) is 0 Å². The van der Waals surface area contributed by atoms with E-state index in [0.29, 0.717) is 71.6 Å². The molecule has 0 atom stereocenters. The lowest BCUT2D eigenvalue weighted by Gasteiger charge is -2.08. The number of Topliss-reactive ketones (excluding diaryl/α,β-unsaturated/α-hetero) is 1. The van der Waals surface area contributed by atoms with Crippen molar-refractivity contribution in [2.45, 2.75) is 0 Å². The molecular formula is C22H33FO9.